The van der Waals surface area contributed by atoms with Gasteiger partial charge in [0.1, 0.15) is 5.57 Å². The van der Waals surface area contributed by atoms with E-state index in [9.17, 15) is 14.4 Å². The fourth-order valence-corrected chi connectivity index (χ4v) is 3.58. The van der Waals surface area contributed by atoms with E-state index in [1.165, 1.54) is 12.2 Å². The Bertz CT molecular complexity index is 1210. The molecule has 0 unspecified atom stereocenters. The Morgan fingerprint density at radius 3 is 2.50 bits per heavy atom. The molecule has 0 aliphatic carbocycles. The molecule has 0 bridgehead atoms. The van der Waals surface area contributed by atoms with Gasteiger partial charge in [-0.25, -0.2) is 4.79 Å². The van der Waals surface area contributed by atoms with E-state index in [0.717, 1.165) is 21.4 Å². The highest BCUT2D eigenvalue weighted by Gasteiger charge is 2.35. The van der Waals surface area contributed by atoms with Gasteiger partial charge in [0.2, 0.25) is 0 Å². The van der Waals surface area contributed by atoms with Gasteiger partial charge in [-0.15, -0.1) is 6.58 Å². The van der Waals surface area contributed by atoms with Gasteiger partial charge in [0, 0.05) is 40.8 Å². The predicted octanol–water partition coefficient (Wildman–Crippen LogP) is 3.99. The predicted molar refractivity (Wildman–Crippen MR) is 116 cm³/mol. The van der Waals surface area contributed by atoms with Crippen LogP contribution in [0.15, 0.2) is 73.0 Å². The smallest absolute Gasteiger partial charge is 0.331 e. The summed E-state index contributed by atoms with van der Waals surface area (Å²) in [5.74, 6) is -1.35. The van der Waals surface area contributed by atoms with Gasteiger partial charge in [0.15, 0.2) is 0 Å². The molecule has 1 aliphatic heterocycles. The first kappa shape index (κ1) is 19.7. The molecule has 0 atom stereocenters. The van der Waals surface area contributed by atoms with Crippen LogP contribution in [0, 0.1) is 0 Å². The van der Waals surface area contributed by atoms with E-state index in [2.05, 4.69) is 11.9 Å². The van der Waals surface area contributed by atoms with Crippen molar-refractivity contribution < 1.29 is 14.4 Å². The Balaban J connectivity index is 1.76. The molecule has 2 aromatic carbocycles. The molecule has 4 rings (SSSR count). The number of nitrogens with one attached hydrogen (secondary N) is 1. The summed E-state index contributed by atoms with van der Waals surface area (Å²) < 4.78 is 2.04. The van der Waals surface area contributed by atoms with E-state index in [1.54, 1.807) is 0 Å². The first-order valence-corrected chi connectivity index (χ1v) is 9.68. The maximum Gasteiger partial charge on any atom is 0.331 e. The molecule has 30 heavy (non-hydrogen) atoms. The van der Waals surface area contributed by atoms with Gasteiger partial charge in [-0.2, -0.15) is 0 Å². The van der Waals surface area contributed by atoms with Crippen LogP contribution in [-0.4, -0.2) is 33.9 Å². The number of benzene rings is 2. The van der Waals surface area contributed by atoms with E-state index in [-0.39, 0.29) is 12.1 Å². The van der Waals surface area contributed by atoms with Crippen molar-refractivity contribution in [3.63, 3.8) is 0 Å². The number of hydrogen-bond acceptors (Lipinski definition) is 3. The van der Waals surface area contributed by atoms with Crippen LogP contribution in [0.2, 0.25) is 5.02 Å². The number of carbonyl (C=O) groups excluding carboxylic acids is 3. The van der Waals surface area contributed by atoms with E-state index in [4.69, 9.17) is 11.6 Å². The van der Waals surface area contributed by atoms with Crippen LogP contribution in [0.25, 0.3) is 17.0 Å². The Labute approximate surface area is 178 Å². The topological polar surface area (TPSA) is 71.4 Å². The Morgan fingerprint density at radius 1 is 1.03 bits per heavy atom. The fraction of sp³-hybridized carbons (Fsp3) is 0.0870. The number of aromatic nitrogens is 1. The molecule has 0 spiro atoms. The van der Waals surface area contributed by atoms with Gasteiger partial charge in [0.05, 0.1) is 0 Å². The highest BCUT2D eigenvalue weighted by molar-refractivity contribution is 6.31. The summed E-state index contributed by atoms with van der Waals surface area (Å²) in [5, 5.41) is 3.77. The zero-order valence-corrected chi connectivity index (χ0v) is 16.7. The van der Waals surface area contributed by atoms with Crippen LogP contribution >= 0.6 is 11.6 Å². The van der Waals surface area contributed by atoms with Crippen molar-refractivity contribution in [1.82, 2.24) is 14.8 Å². The number of amides is 4. The summed E-state index contributed by atoms with van der Waals surface area (Å²) >= 11 is 5.98. The summed E-state index contributed by atoms with van der Waals surface area (Å²) in [6.07, 6.45) is 4.85. The molecular formula is C23H18ClN3O3. The summed E-state index contributed by atoms with van der Waals surface area (Å²) in [4.78, 5) is 37.9. The highest BCUT2D eigenvalue weighted by atomic mass is 35.5. The zero-order chi connectivity index (χ0) is 21.3. The average molecular weight is 420 g/mol. The molecule has 0 saturated carbocycles. The number of barbiturate groups is 1. The lowest BCUT2D eigenvalue weighted by Crippen LogP contribution is -2.54. The van der Waals surface area contributed by atoms with E-state index < -0.39 is 17.8 Å². The first-order valence-electron chi connectivity index (χ1n) is 9.30. The van der Waals surface area contributed by atoms with Gasteiger partial charge in [-0.1, -0.05) is 48.0 Å². The Morgan fingerprint density at radius 2 is 1.77 bits per heavy atom. The maximum absolute atomic E-state index is 12.7. The number of nitrogens with zero attached hydrogens (tertiary/aromatic N) is 2. The van der Waals surface area contributed by atoms with E-state index >= 15 is 0 Å². The van der Waals surface area contributed by atoms with E-state index in [0.29, 0.717) is 17.1 Å². The van der Waals surface area contributed by atoms with Gasteiger partial charge in [0.25, 0.3) is 11.8 Å². The SMILES string of the molecule is C=CCN1C(=O)NC(=O)C(=Cc2cn(Cc3ccc(Cl)cc3)c3ccccc23)C1=O. The van der Waals surface area contributed by atoms with Crippen molar-refractivity contribution in [2.24, 2.45) is 0 Å². The molecule has 2 heterocycles. The van der Waals surface area contributed by atoms with Crippen LogP contribution in [0.5, 0.6) is 0 Å². The minimum atomic E-state index is -0.743. The van der Waals surface area contributed by atoms with E-state index in [1.807, 2.05) is 59.3 Å². The van der Waals surface area contributed by atoms with Crippen LogP contribution in [0.1, 0.15) is 11.1 Å². The third kappa shape index (κ3) is 3.65. The van der Waals surface area contributed by atoms with Crippen LogP contribution in [-0.2, 0) is 16.1 Å². The number of rotatable bonds is 5. The minimum Gasteiger partial charge on any atom is -0.342 e. The van der Waals surface area contributed by atoms with Crippen molar-refractivity contribution >= 4 is 46.4 Å². The lowest BCUT2D eigenvalue weighted by atomic mass is 10.1. The van der Waals surface area contributed by atoms with Crippen LogP contribution in [0.4, 0.5) is 4.79 Å². The summed E-state index contributed by atoms with van der Waals surface area (Å²) in [6, 6.07) is 14.6. The van der Waals surface area contributed by atoms with Crippen molar-refractivity contribution in [1.29, 1.82) is 0 Å². The second-order valence-corrected chi connectivity index (χ2v) is 7.31. The molecule has 1 N–H and O–H groups in total. The highest BCUT2D eigenvalue weighted by Crippen LogP contribution is 2.26. The second kappa shape index (κ2) is 8.00. The number of fused-ring (bicyclic) bond motifs is 1. The Kier molecular flexibility index (Phi) is 5.25. The normalized spacial score (nSPS) is 15.7. The molecular weight excluding hydrogens is 402 g/mol. The maximum atomic E-state index is 12.7. The first-order chi connectivity index (χ1) is 14.5. The van der Waals surface area contributed by atoms with Crippen LogP contribution < -0.4 is 5.32 Å². The van der Waals surface area contributed by atoms with Crippen molar-refractivity contribution in [3.8, 4) is 0 Å². The Hall–Kier alpha value is -3.64. The number of halogens is 1. The zero-order valence-electron chi connectivity index (χ0n) is 16.0. The largest absolute Gasteiger partial charge is 0.342 e. The van der Waals surface area contributed by atoms with Crippen LogP contribution in [0.3, 0.4) is 0 Å². The standard InChI is InChI=1S/C23H18ClN3O3/c1-2-11-27-22(29)19(21(28)25-23(27)30)12-16-14-26(20-6-4-3-5-18(16)20)13-15-7-9-17(24)10-8-15/h2-10,12,14H,1,11,13H2,(H,25,28,30). The third-order valence-electron chi connectivity index (χ3n) is 4.88. The molecule has 6 nitrogen and oxygen atoms in total. The number of urea groups is 1. The summed E-state index contributed by atoms with van der Waals surface area (Å²) in [6.45, 7) is 4.17. The lowest BCUT2D eigenvalue weighted by Gasteiger charge is -2.25. The van der Waals surface area contributed by atoms with Crippen molar-refractivity contribution in [2.45, 2.75) is 6.54 Å². The molecule has 1 saturated heterocycles. The van der Waals surface area contributed by atoms with Gasteiger partial charge >= 0.3 is 6.03 Å². The lowest BCUT2D eigenvalue weighted by molar-refractivity contribution is -0.129. The van der Waals surface area contributed by atoms with Crippen molar-refractivity contribution in [3.05, 3.63) is 89.1 Å². The minimum absolute atomic E-state index is 0.0214. The van der Waals surface area contributed by atoms with Gasteiger partial charge < -0.3 is 4.57 Å². The molecule has 0 radical (unpaired) electrons. The van der Waals surface area contributed by atoms with Gasteiger partial charge in [-0.3, -0.25) is 19.8 Å². The quantitative estimate of drug-likeness (QED) is 0.386. The average Bonchev–Trinajstić information content (AvgIpc) is 3.07. The van der Waals surface area contributed by atoms with Crippen molar-refractivity contribution in [2.75, 3.05) is 6.54 Å². The summed E-state index contributed by atoms with van der Waals surface area (Å²) in [7, 11) is 0. The molecule has 1 fully saturated rings. The number of carbonyl (C=O) groups is 3. The summed E-state index contributed by atoms with van der Waals surface area (Å²) in [5.41, 5.74) is 2.65. The molecule has 4 amide bonds. The molecule has 150 valence electrons. The van der Waals surface area contributed by atoms with Gasteiger partial charge in [-0.05, 0) is 29.8 Å². The molecule has 1 aliphatic rings. The molecule has 7 heteroatoms. The second-order valence-electron chi connectivity index (χ2n) is 6.88. The fourth-order valence-electron chi connectivity index (χ4n) is 3.45. The number of imide groups is 2. The monoisotopic (exact) mass is 419 g/mol. The number of para-hydroxylation sites is 1. The molecule has 1 aromatic heterocycles. The molecule has 3 aromatic rings. The third-order valence-corrected chi connectivity index (χ3v) is 5.13. The number of hydrogen-bond donors (Lipinski definition) is 1.